The van der Waals surface area contributed by atoms with Crippen LogP contribution >= 0.6 is 0 Å². The Labute approximate surface area is 248 Å². The molecule has 4 aromatic carbocycles. The molecule has 1 aromatic heterocycles. The monoisotopic (exact) mass is 577 g/mol. The van der Waals surface area contributed by atoms with Gasteiger partial charge in [-0.2, -0.15) is 0 Å². The number of para-hydroxylation sites is 1. The van der Waals surface area contributed by atoms with Crippen LogP contribution in [0.3, 0.4) is 0 Å². The van der Waals surface area contributed by atoms with E-state index in [1.165, 1.54) is 6.07 Å². The number of aliphatic hydroxyl groups is 1. The third-order valence-electron chi connectivity index (χ3n) is 7.84. The first-order valence-electron chi connectivity index (χ1n) is 14.1. The number of hydrogen-bond acceptors (Lipinski definition) is 7. The van der Waals surface area contributed by atoms with Gasteiger partial charge >= 0.3 is 11.6 Å². The van der Waals surface area contributed by atoms with Crippen LogP contribution in [0.2, 0.25) is 0 Å². The average Bonchev–Trinajstić information content (AvgIpc) is 3.38. The van der Waals surface area contributed by atoms with E-state index in [1.807, 2.05) is 48.5 Å². The van der Waals surface area contributed by atoms with Crippen molar-refractivity contribution in [2.45, 2.75) is 38.6 Å². The number of fused-ring (bicyclic) bond motifs is 1. The largest absolute Gasteiger partial charge is 0.489 e. The van der Waals surface area contributed by atoms with Crippen molar-refractivity contribution in [3.63, 3.8) is 0 Å². The maximum atomic E-state index is 12.3. The lowest BCUT2D eigenvalue weighted by Crippen LogP contribution is -2.35. The van der Waals surface area contributed by atoms with Crippen LogP contribution in [-0.2, 0) is 17.9 Å². The molecule has 0 amide bonds. The van der Waals surface area contributed by atoms with Crippen molar-refractivity contribution >= 4 is 16.9 Å². The van der Waals surface area contributed by atoms with Gasteiger partial charge in [-0.1, -0.05) is 66.7 Å². The molecule has 2 N–H and O–H groups in total. The van der Waals surface area contributed by atoms with Crippen molar-refractivity contribution in [1.82, 2.24) is 4.90 Å². The molecule has 1 saturated heterocycles. The number of hydrogen-bond donors (Lipinski definition) is 2. The van der Waals surface area contributed by atoms with Gasteiger partial charge in [-0.05, 0) is 47.4 Å². The molecule has 0 radical (unpaired) electrons. The normalized spacial score (nSPS) is 16.8. The Hall–Kier alpha value is -4.92. The molecule has 2 heterocycles. The molecule has 43 heavy (non-hydrogen) atoms. The highest BCUT2D eigenvalue weighted by molar-refractivity contribution is 5.83. The number of aliphatic carboxylic acids is 1. The number of likely N-dealkylation sites (tertiary alicyclic amines) is 1. The highest BCUT2D eigenvalue weighted by atomic mass is 16.5. The second kappa shape index (κ2) is 12.1. The summed E-state index contributed by atoms with van der Waals surface area (Å²) in [7, 11) is 0. The quantitative estimate of drug-likeness (QED) is 0.201. The highest BCUT2D eigenvalue weighted by Gasteiger charge is 2.36. The molecule has 2 atom stereocenters. The zero-order valence-corrected chi connectivity index (χ0v) is 23.6. The van der Waals surface area contributed by atoms with Gasteiger partial charge in [0.1, 0.15) is 35.5 Å². The van der Waals surface area contributed by atoms with E-state index in [4.69, 9.17) is 13.9 Å². The fourth-order valence-corrected chi connectivity index (χ4v) is 5.60. The molecule has 6 rings (SSSR count). The minimum absolute atomic E-state index is 0.151. The topological polar surface area (TPSA) is 109 Å². The summed E-state index contributed by atoms with van der Waals surface area (Å²) < 4.78 is 17.9. The molecule has 1 aliphatic rings. The molecule has 1 aliphatic heterocycles. The van der Waals surface area contributed by atoms with Crippen LogP contribution in [0.25, 0.3) is 22.1 Å². The maximum absolute atomic E-state index is 12.3. The third-order valence-corrected chi connectivity index (χ3v) is 7.84. The minimum atomic E-state index is -0.987. The van der Waals surface area contributed by atoms with Gasteiger partial charge in [-0.15, -0.1) is 0 Å². The lowest BCUT2D eigenvalue weighted by atomic mass is 9.97. The summed E-state index contributed by atoms with van der Waals surface area (Å²) >= 11 is 0. The first kappa shape index (κ1) is 28.2. The molecule has 0 aliphatic carbocycles. The second-order valence-corrected chi connectivity index (χ2v) is 10.7. The number of rotatable bonds is 9. The first-order valence-corrected chi connectivity index (χ1v) is 14.1. The van der Waals surface area contributed by atoms with Crippen LogP contribution in [0.15, 0.2) is 106 Å². The molecular formula is C35H31NO7. The van der Waals surface area contributed by atoms with Gasteiger partial charge in [0.15, 0.2) is 0 Å². The molecule has 0 unspecified atom stereocenters. The van der Waals surface area contributed by atoms with Gasteiger partial charge in [-0.3, -0.25) is 9.69 Å². The smallest absolute Gasteiger partial charge is 0.339 e. The molecule has 5 aromatic rings. The summed E-state index contributed by atoms with van der Waals surface area (Å²) in [6.07, 6.45) is -0.580. The predicted molar refractivity (Wildman–Crippen MR) is 162 cm³/mol. The molecule has 0 spiro atoms. The van der Waals surface area contributed by atoms with Gasteiger partial charge in [0.25, 0.3) is 0 Å². The average molecular weight is 578 g/mol. The standard InChI is InChI=1S/C35H31NO7/c1-22-25(10-7-12-28(22)23-8-3-2-4-9-23)21-41-27-15-14-24(19-36-20-26(37)16-30(36)35(39)40)32(17-27)42-33-18-34(38)43-31-13-6-5-11-29(31)33/h2-15,17-18,26,30,37H,16,19-21H2,1H3,(H,39,40)/t26-,30+/m1/s1. The number of carboxylic acid groups (broad SMARTS) is 1. The van der Waals surface area contributed by atoms with Crippen LogP contribution in [0.5, 0.6) is 17.2 Å². The number of nitrogens with zero attached hydrogens (tertiary/aromatic N) is 1. The Bertz CT molecular complexity index is 1830. The van der Waals surface area contributed by atoms with E-state index in [2.05, 4.69) is 25.1 Å². The second-order valence-electron chi connectivity index (χ2n) is 10.7. The Kier molecular flexibility index (Phi) is 7.96. The van der Waals surface area contributed by atoms with Crippen molar-refractivity contribution < 1.29 is 28.9 Å². The summed E-state index contributed by atoms with van der Waals surface area (Å²) in [5, 5.41) is 20.5. The van der Waals surface area contributed by atoms with Gasteiger partial charge in [0, 0.05) is 31.1 Å². The van der Waals surface area contributed by atoms with E-state index >= 15 is 0 Å². The van der Waals surface area contributed by atoms with Gasteiger partial charge < -0.3 is 24.1 Å². The molecule has 0 saturated carbocycles. The van der Waals surface area contributed by atoms with E-state index in [9.17, 15) is 19.8 Å². The van der Waals surface area contributed by atoms with Crippen LogP contribution in [0, 0.1) is 6.92 Å². The Morgan fingerprint density at radius 3 is 2.53 bits per heavy atom. The van der Waals surface area contributed by atoms with Crippen LogP contribution < -0.4 is 15.1 Å². The number of carboxylic acids is 1. The molecular weight excluding hydrogens is 546 g/mol. The summed E-state index contributed by atoms with van der Waals surface area (Å²) in [5.41, 5.74) is 4.95. The molecule has 0 bridgehead atoms. The fraction of sp³-hybridized carbons (Fsp3) is 0.200. The number of benzene rings is 4. The number of β-amino-alcohol motifs (C(OH)–C–C–N with tert-alkyl or cyclic N) is 1. The zero-order valence-electron chi connectivity index (χ0n) is 23.6. The Morgan fingerprint density at radius 1 is 0.930 bits per heavy atom. The first-order chi connectivity index (χ1) is 20.9. The minimum Gasteiger partial charge on any atom is -0.489 e. The summed E-state index contributed by atoms with van der Waals surface area (Å²) in [6.45, 7) is 2.85. The SMILES string of the molecule is Cc1c(COc2ccc(CN3C[C@H](O)C[C@H]3C(=O)O)c(Oc3cc(=O)oc4ccccc34)c2)cccc1-c1ccccc1. The number of aliphatic hydroxyl groups excluding tert-OH is 1. The predicted octanol–water partition coefficient (Wildman–Crippen LogP) is 6.16. The van der Waals surface area contributed by atoms with E-state index < -0.39 is 23.7 Å². The van der Waals surface area contributed by atoms with Crippen molar-refractivity contribution in [1.29, 1.82) is 0 Å². The lowest BCUT2D eigenvalue weighted by molar-refractivity contribution is -0.142. The Balaban J connectivity index is 1.32. The van der Waals surface area contributed by atoms with Crippen molar-refractivity contribution in [2.75, 3.05) is 6.54 Å². The fourth-order valence-electron chi connectivity index (χ4n) is 5.60. The maximum Gasteiger partial charge on any atom is 0.339 e. The highest BCUT2D eigenvalue weighted by Crippen LogP contribution is 2.35. The molecule has 8 nitrogen and oxygen atoms in total. The van der Waals surface area contributed by atoms with E-state index in [1.54, 1.807) is 29.2 Å². The lowest BCUT2D eigenvalue weighted by Gasteiger charge is -2.23. The third kappa shape index (κ3) is 6.16. The summed E-state index contributed by atoms with van der Waals surface area (Å²) in [6, 6.07) is 29.3. The Morgan fingerprint density at radius 2 is 1.72 bits per heavy atom. The number of ether oxygens (including phenoxy) is 2. The van der Waals surface area contributed by atoms with E-state index in [-0.39, 0.29) is 19.5 Å². The van der Waals surface area contributed by atoms with Gasteiger partial charge in [0.05, 0.1) is 17.6 Å². The number of carbonyl (C=O) groups is 1. The summed E-state index contributed by atoms with van der Waals surface area (Å²) in [5.74, 6) is 0.284. The molecule has 8 heteroatoms. The van der Waals surface area contributed by atoms with Crippen LogP contribution in [0.1, 0.15) is 23.1 Å². The van der Waals surface area contributed by atoms with Crippen molar-refractivity contribution in [3.05, 3.63) is 124 Å². The molecule has 218 valence electrons. The van der Waals surface area contributed by atoms with Crippen molar-refractivity contribution in [3.8, 4) is 28.4 Å². The van der Waals surface area contributed by atoms with Gasteiger partial charge in [0.2, 0.25) is 0 Å². The van der Waals surface area contributed by atoms with E-state index in [0.717, 1.165) is 22.3 Å². The van der Waals surface area contributed by atoms with Crippen molar-refractivity contribution in [2.24, 2.45) is 0 Å². The van der Waals surface area contributed by atoms with E-state index in [0.29, 0.717) is 40.4 Å². The van der Waals surface area contributed by atoms with Crippen LogP contribution in [-0.4, -0.2) is 39.8 Å². The van der Waals surface area contributed by atoms with Crippen LogP contribution in [0.4, 0.5) is 0 Å². The zero-order chi connectivity index (χ0) is 29.9. The van der Waals surface area contributed by atoms with Gasteiger partial charge in [-0.25, -0.2) is 4.79 Å². The molecule has 1 fully saturated rings. The summed E-state index contributed by atoms with van der Waals surface area (Å²) in [4.78, 5) is 25.9.